The first-order valence-electron chi connectivity index (χ1n) is 7.88. The zero-order valence-corrected chi connectivity index (χ0v) is 14.2. The maximum absolute atomic E-state index is 12.8. The van der Waals surface area contributed by atoms with Crippen molar-refractivity contribution in [3.8, 4) is 0 Å². The molecular weight excluding hydrogens is 304 g/mol. The van der Waals surface area contributed by atoms with Crippen molar-refractivity contribution >= 4 is 27.5 Å². The van der Waals surface area contributed by atoms with Crippen molar-refractivity contribution in [3.05, 3.63) is 65.0 Å². The van der Waals surface area contributed by atoms with E-state index >= 15 is 0 Å². The third-order valence-electron chi connectivity index (χ3n) is 4.00. The van der Waals surface area contributed by atoms with E-state index in [0.29, 0.717) is 0 Å². The Morgan fingerprint density at radius 1 is 1.13 bits per heavy atom. The number of carbonyl (C=O) groups excluding carboxylic acids is 1. The van der Waals surface area contributed by atoms with Crippen LogP contribution in [0.2, 0.25) is 0 Å². The zero-order chi connectivity index (χ0) is 16.2. The molecular formula is C19H20N2OS. The molecule has 0 aliphatic rings. The molecule has 0 bridgehead atoms. The average Bonchev–Trinajstić information content (AvgIpc) is 2.89. The van der Waals surface area contributed by atoms with Gasteiger partial charge < -0.3 is 4.57 Å². The van der Waals surface area contributed by atoms with E-state index in [4.69, 9.17) is 0 Å². The van der Waals surface area contributed by atoms with Crippen molar-refractivity contribution in [2.75, 3.05) is 0 Å². The molecule has 0 aliphatic heterocycles. The van der Waals surface area contributed by atoms with Gasteiger partial charge in [-0.1, -0.05) is 67.1 Å². The average molecular weight is 324 g/mol. The van der Waals surface area contributed by atoms with Gasteiger partial charge in [-0.2, -0.15) is 4.99 Å². The van der Waals surface area contributed by atoms with Crippen LogP contribution in [0.25, 0.3) is 10.2 Å². The van der Waals surface area contributed by atoms with Crippen LogP contribution in [0.4, 0.5) is 0 Å². The SMILES string of the molecule is CCC[C@H](C(=O)N=c1sc2ccccc2n1C)c1ccccc1. The maximum atomic E-state index is 12.8. The van der Waals surface area contributed by atoms with Crippen molar-refractivity contribution < 1.29 is 4.79 Å². The molecule has 0 spiro atoms. The summed E-state index contributed by atoms with van der Waals surface area (Å²) in [7, 11) is 1.96. The van der Waals surface area contributed by atoms with Crippen LogP contribution in [0.15, 0.2) is 59.6 Å². The van der Waals surface area contributed by atoms with Crippen molar-refractivity contribution in [2.45, 2.75) is 25.7 Å². The molecule has 3 nitrogen and oxygen atoms in total. The van der Waals surface area contributed by atoms with Crippen LogP contribution < -0.4 is 4.80 Å². The van der Waals surface area contributed by atoms with Crippen molar-refractivity contribution in [2.24, 2.45) is 12.0 Å². The lowest BCUT2D eigenvalue weighted by atomic mass is 9.94. The number of aryl methyl sites for hydroxylation is 1. The first kappa shape index (κ1) is 15.7. The lowest BCUT2D eigenvalue weighted by molar-refractivity contribution is -0.119. The highest BCUT2D eigenvalue weighted by Gasteiger charge is 2.19. The third kappa shape index (κ3) is 3.27. The Labute approximate surface area is 139 Å². The van der Waals surface area contributed by atoms with Crippen molar-refractivity contribution in [1.82, 2.24) is 4.57 Å². The van der Waals surface area contributed by atoms with Gasteiger partial charge in [0, 0.05) is 7.05 Å². The minimum Gasteiger partial charge on any atom is -0.319 e. The molecule has 0 N–H and O–H groups in total. The number of amides is 1. The van der Waals surface area contributed by atoms with E-state index in [-0.39, 0.29) is 11.8 Å². The predicted octanol–water partition coefficient (Wildman–Crippen LogP) is 4.25. The molecule has 3 rings (SSSR count). The number of benzene rings is 2. The summed E-state index contributed by atoms with van der Waals surface area (Å²) in [5.41, 5.74) is 2.16. The van der Waals surface area contributed by atoms with Gasteiger partial charge in [-0.05, 0) is 24.1 Å². The van der Waals surface area contributed by atoms with Gasteiger partial charge in [0.2, 0.25) is 0 Å². The molecule has 1 atom stereocenters. The van der Waals surface area contributed by atoms with Crippen molar-refractivity contribution in [1.29, 1.82) is 0 Å². The summed E-state index contributed by atoms with van der Waals surface area (Å²) < 4.78 is 3.14. The number of thiazole rings is 1. The smallest absolute Gasteiger partial charge is 0.255 e. The number of carbonyl (C=O) groups is 1. The standard InChI is InChI=1S/C19H20N2OS/c1-3-9-15(14-10-5-4-6-11-14)18(22)20-19-21(2)16-12-7-8-13-17(16)23-19/h4-8,10-13,15H,3,9H2,1-2H3/t15-/m0/s1. The Morgan fingerprint density at radius 3 is 2.52 bits per heavy atom. The second-order valence-electron chi connectivity index (χ2n) is 5.61. The van der Waals surface area contributed by atoms with E-state index < -0.39 is 0 Å². The Balaban J connectivity index is 2.01. The monoisotopic (exact) mass is 324 g/mol. The van der Waals surface area contributed by atoms with Crippen LogP contribution in [0.3, 0.4) is 0 Å². The number of fused-ring (bicyclic) bond motifs is 1. The van der Waals surface area contributed by atoms with Crippen LogP contribution in [0.5, 0.6) is 0 Å². The molecule has 0 radical (unpaired) electrons. The molecule has 0 unspecified atom stereocenters. The molecule has 118 valence electrons. The first-order chi connectivity index (χ1) is 11.2. The quantitative estimate of drug-likeness (QED) is 0.706. The van der Waals surface area contributed by atoms with E-state index in [0.717, 1.165) is 33.4 Å². The van der Waals surface area contributed by atoms with Gasteiger partial charge in [0.15, 0.2) is 4.80 Å². The van der Waals surface area contributed by atoms with Gasteiger partial charge >= 0.3 is 0 Å². The van der Waals surface area contributed by atoms with E-state index in [1.807, 2.05) is 54.1 Å². The first-order valence-corrected chi connectivity index (χ1v) is 8.70. The Bertz CT molecular complexity index is 877. The van der Waals surface area contributed by atoms with E-state index in [9.17, 15) is 4.79 Å². The Kier molecular flexibility index (Phi) is 4.72. The number of nitrogens with zero attached hydrogens (tertiary/aromatic N) is 2. The number of hydrogen-bond acceptors (Lipinski definition) is 2. The summed E-state index contributed by atoms with van der Waals surface area (Å²) in [6, 6.07) is 18.1. The Hall–Kier alpha value is -2.20. The summed E-state index contributed by atoms with van der Waals surface area (Å²) in [5, 5.41) is 0. The normalized spacial score (nSPS) is 13.4. The molecule has 0 saturated heterocycles. The topological polar surface area (TPSA) is 34.4 Å². The fourth-order valence-corrected chi connectivity index (χ4v) is 3.79. The van der Waals surface area contributed by atoms with Crippen LogP contribution in [0.1, 0.15) is 31.2 Å². The molecule has 3 aromatic rings. The highest BCUT2D eigenvalue weighted by atomic mass is 32.1. The van der Waals surface area contributed by atoms with Crippen LogP contribution in [0, 0.1) is 0 Å². The van der Waals surface area contributed by atoms with Crippen molar-refractivity contribution in [3.63, 3.8) is 0 Å². The molecule has 23 heavy (non-hydrogen) atoms. The fourth-order valence-electron chi connectivity index (χ4n) is 2.77. The highest BCUT2D eigenvalue weighted by molar-refractivity contribution is 7.16. The molecule has 1 amide bonds. The summed E-state index contributed by atoms with van der Waals surface area (Å²) in [6.45, 7) is 2.10. The van der Waals surface area contributed by atoms with E-state index in [1.54, 1.807) is 11.3 Å². The number of hydrogen-bond donors (Lipinski definition) is 0. The number of rotatable bonds is 4. The Morgan fingerprint density at radius 2 is 1.83 bits per heavy atom. The highest BCUT2D eigenvalue weighted by Crippen LogP contribution is 2.23. The molecule has 1 heterocycles. The lowest BCUT2D eigenvalue weighted by Crippen LogP contribution is -2.17. The second-order valence-corrected chi connectivity index (χ2v) is 6.62. The fraction of sp³-hybridized carbons (Fsp3) is 0.263. The lowest BCUT2D eigenvalue weighted by Gasteiger charge is -2.12. The van der Waals surface area contributed by atoms with Crippen LogP contribution in [-0.2, 0) is 11.8 Å². The largest absolute Gasteiger partial charge is 0.319 e. The van der Waals surface area contributed by atoms with E-state index in [1.165, 1.54) is 0 Å². The molecule has 2 aromatic carbocycles. The second kappa shape index (κ2) is 6.92. The van der Waals surface area contributed by atoms with Crippen LogP contribution >= 0.6 is 11.3 Å². The van der Waals surface area contributed by atoms with Crippen LogP contribution in [-0.4, -0.2) is 10.5 Å². The van der Waals surface area contributed by atoms with Gasteiger partial charge in [-0.25, -0.2) is 0 Å². The molecule has 0 saturated carbocycles. The number of para-hydroxylation sites is 1. The van der Waals surface area contributed by atoms with Gasteiger partial charge in [0.25, 0.3) is 5.91 Å². The summed E-state index contributed by atoms with van der Waals surface area (Å²) >= 11 is 1.56. The van der Waals surface area contributed by atoms with Gasteiger partial charge in [-0.15, -0.1) is 0 Å². The maximum Gasteiger partial charge on any atom is 0.255 e. The van der Waals surface area contributed by atoms with E-state index in [2.05, 4.69) is 24.0 Å². The number of aromatic nitrogens is 1. The summed E-state index contributed by atoms with van der Waals surface area (Å²) in [4.78, 5) is 18.0. The molecule has 0 aliphatic carbocycles. The summed E-state index contributed by atoms with van der Waals surface area (Å²) in [5.74, 6) is -0.216. The minimum absolute atomic E-state index is 0.0554. The molecule has 4 heteroatoms. The third-order valence-corrected chi connectivity index (χ3v) is 5.11. The predicted molar refractivity (Wildman–Crippen MR) is 95.5 cm³/mol. The molecule has 0 fully saturated rings. The van der Waals surface area contributed by atoms with Gasteiger partial charge in [0.05, 0.1) is 16.1 Å². The summed E-state index contributed by atoms with van der Waals surface area (Å²) in [6.07, 6.45) is 1.78. The molecule has 1 aromatic heterocycles. The minimum atomic E-state index is -0.161. The zero-order valence-electron chi connectivity index (χ0n) is 13.4. The van der Waals surface area contributed by atoms with Gasteiger partial charge in [-0.3, -0.25) is 4.79 Å². The van der Waals surface area contributed by atoms with Gasteiger partial charge in [0.1, 0.15) is 0 Å².